The van der Waals surface area contributed by atoms with E-state index in [-0.39, 0.29) is 0 Å². The Morgan fingerprint density at radius 1 is 1.10 bits per heavy atom. The smallest absolute Gasteiger partial charge is 0.0102 e. The molecule has 0 saturated carbocycles. The first-order valence-electron chi connectivity index (χ1n) is 3.61. The second kappa shape index (κ2) is 1.34. The van der Waals surface area contributed by atoms with Gasteiger partial charge in [0.25, 0.3) is 0 Å². The van der Waals surface area contributed by atoms with Gasteiger partial charge in [0.15, 0.2) is 0 Å². The number of benzene rings is 1. The van der Waals surface area contributed by atoms with Gasteiger partial charge >= 0.3 is 0 Å². The molecule has 1 unspecified atom stereocenters. The van der Waals surface area contributed by atoms with Crippen LogP contribution in [0.25, 0.3) is 5.57 Å². The molecule has 2 aliphatic carbocycles. The molecular formula is C10H7. The molecular weight excluding hydrogens is 120 g/mol. The maximum Gasteiger partial charge on any atom is 0.0102 e. The fourth-order valence-electron chi connectivity index (χ4n) is 1.65. The van der Waals surface area contributed by atoms with Crippen LogP contribution in [0.3, 0.4) is 0 Å². The second-order valence-electron chi connectivity index (χ2n) is 2.90. The standard InChI is InChI=1S/C10H7/c1-2-4-9-7(3-1)5-8-6-10(8)9/h1-6,8H. The monoisotopic (exact) mass is 127 g/mol. The highest BCUT2D eigenvalue weighted by molar-refractivity contribution is 5.89. The summed E-state index contributed by atoms with van der Waals surface area (Å²) in [6.45, 7) is 0. The molecule has 2 aliphatic rings. The average molecular weight is 127 g/mol. The van der Waals surface area contributed by atoms with E-state index in [1.807, 2.05) is 0 Å². The Morgan fingerprint density at radius 3 is 2.90 bits per heavy atom. The van der Waals surface area contributed by atoms with Gasteiger partial charge in [0.2, 0.25) is 0 Å². The molecule has 0 saturated heterocycles. The van der Waals surface area contributed by atoms with Gasteiger partial charge < -0.3 is 0 Å². The van der Waals surface area contributed by atoms with Gasteiger partial charge in [-0.1, -0.05) is 30.3 Å². The third-order valence-electron chi connectivity index (χ3n) is 2.24. The topological polar surface area (TPSA) is 0 Å². The Labute approximate surface area is 60.2 Å². The molecule has 1 aromatic rings. The van der Waals surface area contributed by atoms with E-state index in [9.17, 15) is 0 Å². The Kier molecular flexibility index (Phi) is 0.634. The van der Waals surface area contributed by atoms with E-state index in [4.69, 9.17) is 0 Å². The first-order valence-corrected chi connectivity index (χ1v) is 3.61. The third kappa shape index (κ3) is 0.431. The van der Waals surface area contributed by atoms with Gasteiger partial charge in [0, 0.05) is 12.3 Å². The molecule has 0 aliphatic heterocycles. The van der Waals surface area contributed by atoms with E-state index >= 15 is 0 Å². The number of hydrogen-bond acceptors (Lipinski definition) is 0. The van der Waals surface area contributed by atoms with Crippen LogP contribution in [0.5, 0.6) is 0 Å². The fraction of sp³-hybridized carbons (Fsp3) is 0.100. The molecule has 10 heavy (non-hydrogen) atoms. The summed E-state index contributed by atoms with van der Waals surface area (Å²) in [5.41, 5.74) is 4.41. The van der Waals surface area contributed by atoms with E-state index < -0.39 is 0 Å². The van der Waals surface area contributed by atoms with Crippen molar-refractivity contribution in [3.05, 3.63) is 47.9 Å². The van der Waals surface area contributed by atoms with Crippen LogP contribution in [-0.4, -0.2) is 0 Å². The molecule has 0 nitrogen and oxygen atoms in total. The van der Waals surface area contributed by atoms with E-state index in [2.05, 4.69) is 36.8 Å². The van der Waals surface area contributed by atoms with Gasteiger partial charge in [-0.25, -0.2) is 0 Å². The molecule has 1 radical (unpaired) electrons. The van der Waals surface area contributed by atoms with Crippen molar-refractivity contribution >= 4 is 5.57 Å². The molecule has 0 aromatic heterocycles. The lowest BCUT2D eigenvalue weighted by Gasteiger charge is -1.95. The molecule has 0 fully saturated rings. The fourth-order valence-corrected chi connectivity index (χ4v) is 1.65. The molecule has 47 valence electrons. The van der Waals surface area contributed by atoms with E-state index in [1.165, 1.54) is 16.7 Å². The molecule has 3 rings (SSSR count). The van der Waals surface area contributed by atoms with Gasteiger partial charge in [-0.05, 0) is 16.7 Å². The predicted octanol–water partition coefficient (Wildman–Crippen LogP) is 2.27. The molecule has 0 heterocycles. The minimum atomic E-state index is 0.706. The summed E-state index contributed by atoms with van der Waals surface area (Å²) in [6.07, 6.45) is 4.63. The minimum absolute atomic E-state index is 0.706. The molecule has 0 amide bonds. The molecule has 0 spiro atoms. The summed E-state index contributed by atoms with van der Waals surface area (Å²) < 4.78 is 0. The van der Waals surface area contributed by atoms with E-state index in [0.717, 1.165) is 0 Å². The lowest BCUT2D eigenvalue weighted by atomic mass is 10.1. The van der Waals surface area contributed by atoms with Crippen LogP contribution in [0, 0.1) is 12.3 Å². The highest BCUT2D eigenvalue weighted by Crippen LogP contribution is 2.49. The number of fused-ring (bicyclic) bond motifs is 3. The summed E-state index contributed by atoms with van der Waals surface area (Å²) in [7, 11) is 0. The molecule has 1 atom stereocenters. The quantitative estimate of drug-likeness (QED) is 0.501. The van der Waals surface area contributed by atoms with Crippen LogP contribution >= 0.6 is 0 Å². The molecule has 1 aromatic carbocycles. The Hall–Kier alpha value is -1.04. The van der Waals surface area contributed by atoms with Crippen LogP contribution in [0.1, 0.15) is 11.1 Å². The van der Waals surface area contributed by atoms with Crippen LogP contribution in [0.15, 0.2) is 30.3 Å². The second-order valence-corrected chi connectivity index (χ2v) is 2.90. The summed E-state index contributed by atoms with van der Waals surface area (Å²) in [4.78, 5) is 0. The van der Waals surface area contributed by atoms with Crippen LogP contribution in [-0.2, 0) is 0 Å². The number of rotatable bonds is 0. The van der Waals surface area contributed by atoms with Crippen molar-refractivity contribution < 1.29 is 0 Å². The Bertz CT molecular complexity index is 321. The lowest BCUT2D eigenvalue weighted by molar-refractivity contribution is 1.19. The summed E-state index contributed by atoms with van der Waals surface area (Å²) in [5, 5.41) is 0. The Morgan fingerprint density at radius 2 is 2.00 bits per heavy atom. The molecule has 0 bridgehead atoms. The van der Waals surface area contributed by atoms with Crippen molar-refractivity contribution in [1.29, 1.82) is 0 Å². The maximum absolute atomic E-state index is 2.32. The zero-order valence-electron chi connectivity index (χ0n) is 5.54. The van der Waals surface area contributed by atoms with E-state index in [0.29, 0.717) is 5.92 Å². The van der Waals surface area contributed by atoms with E-state index in [1.54, 1.807) is 0 Å². The number of allylic oxidation sites excluding steroid dienone is 2. The van der Waals surface area contributed by atoms with Crippen LogP contribution in [0.2, 0.25) is 0 Å². The van der Waals surface area contributed by atoms with Crippen molar-refractivity contribution in [2.24, 2.45) is 5.92 Å². The first-order chi connectivity index (χ1) is 4.95. The Balaban J connectivity index is 2.31. The zero-order chi connectivity index (χ0) is 6.55. The summed E-state index contributed by atoms with van der Waals surface area (Å²) in [6, 6.07) is 8.59. The predicted molar refractivity (Wildman–Crippen MR) is 41.3 cm³/mol. The normalized spacial score (nSPS) is 25.2. The van der Waals surface area contributed by atoms with Gasteiger partial charge in [-0.3, -0.25) is 0 Å². The van der Waals surface area contributed by atoms with Gasteiger partial charge in [-0.2, -0.15) is 0 Å². The minimum Gasteiger partial charge on any atom is -0.0719 e. The number of hydrogen-bond donors (Lipinski definition) is 0. The van der Waals surface area contributed by atoms with Crippen molar-refractivity contribution in [3.8, 4) is 0 Å². The molecule has 0 N–H and O–H groups in total. The highest BCUT2D eigenvalue weighted by atomic mass is 14.4. The SMILES string of the molecule is [CH]1c2ccccc2C2=CC12. The van der Waals surface area contributed by atoms with Gasteiger partial charge in [0.05, 0.1) is 0 Å². The van der Waals surface area contributed by atoms with Gasteiger partial charge in [-0.15, -0.1) is 0 Å². The van der Waals surface area contributed by atoms with Gasteiger partial charge in [0.1, 0.15) is 0 Å². The van der Waals surface area contributed by atoms with Crippen molar-refractivity contribution in [1.82, 2.24) is 0 Å². The summed E-state index contributed by atoms with van der Waals surface area (Å²) in [5.74, 6) is 0.706. The first kappa shape index (κ1) is 4.73. The van der Waals surface area contributed by atoms with Crippen molar-refractivity contribution in [2.75, 3.05) is 0 Å². The highest BCUT2D eigenvalue weighted by Gasteiger charge is 2.34. The molecule has 0 heteroatoms. The largest absolute Gasteiger partial charge is 0.0719 e. The average Bonchev–Trinajstić information content (AvgIpc) is 2.64. The van der Waals surface area contributed by atoms with Crippen molar-refractivity contribution in [3.63, 3.8) is 0 Å². The third-order valence-corrected chi connectivity index (χ3v) is 2.24. The zero-order valence-corrected chi connectivity index (χ0v) is 5.54. The lowest BCUT2D eigenvalue weighted by Crippen LogP contribution is -1.78. The van der Waals surface area contributed by atoms with Crippen LogP contribution in [0.4, 0.5) is 0 Å². The summed E-state index contributed by atoms with van der Waals surface area (Å²) >= 11 is 0. The van der Waals surface area contributed by atoms with Crippen LogP contribution < -0.4 is 0 Å². The maximum atomic E-state index is 2.32. The van der Waals surface area contributed by atoms with Crippen molar-refractivity contribution in [2.45, 2.75) is 0 Å².